The second-order valence-electron chi connectivity index (χ2n) is 5.69. The first-order valence-corrected chi connectivity index (χ1v) is 7.96. The summed E-state index contributed by atoms with van der Waals surface area (Å²) in [6, 6.07) is 7.13. The summed E-state index contributed by atoms with van der Waals surface area (Å²) in [6.07, 6.45) is 3.87. The Bertz CT molecular complexity index is 438. The highest BCUT2D eigenvalue weighted by molar-refractivity contribution is 5.89. The number of hydrogen-bond acceptors (Lipinski definition) is 3. The molecule has 0 aliphatic carbocycles. The van der Waals surface area contributed by atoms with Crippen LogP contribution in [-0.4, -0.2) is 38.3 Å². The highest BCUT2D eigenvalue weighted by atomic mass is 16.5. The molecule has 0 amide bonds. The van der Waals surface area contributed by atoms with Gasteiger partial charge in [-0.1, -0.05) is 0 Å². The van der Waals surface area contributed by atoms with Crippen molar-refractivity contribution in [1.29, 1.82) is 0 Å². The van der Waals surface area contributed by atoms with Crippen molar-refractivity contribution >= 4 is 5.97 Å². The minimum Gasteiger partial charge on any atom is -0.494 e. The number of carbonyl (C=O) groups excluding carboxylic acids is 1. The van der Waals surface area contributed by atoms with E-state index in [0.29, 0.717) is 12.2 Å². The number of nitrogens with one attached hydrogen (secondary N) is 1. The molecule has 0 radical (unpaired) electrons. The molecule has 4 nitrogen and oxygen atoms in total. The average Bonchev–Trinajstić information content (AvgIpc) is 2.49. The molecule has 0 bridgehead atoms. The van der Waals surface area contributed by atoms with E-state index < -0.39 is 0 Å². The Kier molecular flexibility index (Phi) is 6.05. The van der Waals surface area contributed by atoms with Crippen molar-refractivity contribution in [3.63, 3.8) is 0 Å². The molecular weight excluding hydrogens is 266 g/mol. The van der Waals surface area contributed by atoms with Crippen molar-refractivity contribution in [3.05, 3.63) is 29.8 Å². The normalized spacial score (nSPS) is 17.2. The van der Waals surface area contributed by atoms with E-state index in [1.165, 1.54) is 32.4 Å². The highest BCUT2D eigenvalue weighted by Crippen LogP contribution is 2.13. The number of hydrogen-bond donors (Lipinski definition) is 1. The van der Waals surface area contributed by atoms with Crippen LogP contribution in [0.2, 0.25) is 0 Å². The van der Waals surface area contributed by atoms with Crippen LogP contribution in [0.4, 0.5) is 0 Å². The van der Waals surface area contributed by atoms with Gasteiger partial charge in [0.15, 0.2) is 0 Å². The second-order valence-corrected chi connectivity index (χ2v) is 5.69. The molecule has 1 aromatic carbocycles. The standard InChI is InChI=1S/C17H25NO3/c1-3-20-16-9-7-15(8-10-16)17(19)21-14(2)13-18-11-5-4-6-12-18/h7-10,14H,3-6,11-13H2,1-2H3/p+1. The van der Waals surface area contributed by atoms with Gasteiger partial charge >= 0.3 is 5.97 Å². The zero-order valence-electron chi connectivity index (χ0n) is 13.1. The van der Waals surface area contributed by atoms with Crippen LogP contribution >= 0.6 is 0 Å². The predicted molar refractivity (Wildman–Crippen MR) is 81.9 cm³/mol. The number of benzene rings is 1. The average molecular weight is 292 g/mol. The summed E-state index contributed by atoms with van der Waals surface area (Å²) in [5, 5.41) is 0. The highest BCUT2D eigenvalue weighted by Gasteiger charge is 2.19. The van der Waals surface area contributed by atoms with Crippen molar-refractivity contribution in [2.75, 3.05) is 26.2 Å². The first-order valence-electron chi connectivity index (χ1n) is 7.96. The molecule has 1 atom stereocenters. The fraction of sp³-hybridized carbons (Fsp3) is 0.588. The number of esters is 1. The summed E-state index contributed by atoms with van der Waals surface area (Å²) in [4.78, 5) is 13.6. The largest absolute Gasteiger partial charge is 0.494 e. The Balaban J connectivity index is 1.82. The molecule has 21 heavy (non-hydrogen) atoms. The molecular formula is C17H26NO3+. The number of rotatable bonds is 6. The number of carbonyl (C=O) groups is 1. The molecule has 1 unspecified atom stereocenters. The molecule has 0 saturated carbocycles. The molecule has 0 aromatic heterocycles. The topological polar surface area (TPSA) is 40.0 Å². The smallest absolute Gasteiger partial charge is 0.338 e. The van der Waals surface area contributed by atoms with Crippen LogP contribution in [-0.2, 0) is 4.74 Å². The summed E-state index contributed by atoms with van der Waals surface area (Å²) in [5.74, 6) is 0.529. The Morgan fingerprint density at radius 1 is 1.19 bits per heavy atom. The third-order valence-electron chi connectivity index (χ3n) is 3.85. The summed E-state index contributed by atoms with van der Waals surface area (Å²) in [5.41, 5.74) is 0.582. The summed E-state index contributed by atoms with van der Waals surface area (Å²) >= 11 is 0. The molecule has 1 saturated heterocycles. The van der Waals surface area contributed by atoms with Gasteiger partial charge in [-0.2, -0.15) is 0 Å². The predicted octanol–water partition coefficient (Wildman–Crippen LogP) is 1.70. The molecule has 1 heterocycles. The fourth-order valence-corrected chi connectivity index (χ4v) is 2.81. The van der Waals surface area contributed by atoms with Crippen molar-refractivity contribution < 1.29 is 19.2 Å². The van der Waals surface area contributed by atoms with Crippen LogP contribution in [0.15, 0.2) is 24.3 Å². The van der Waals surface area contributed by atoms with Crippen LogP contribution < -0.4 is 9.64 Å². The van der Waals surface area contributed by atoms with Crippen LogP contribution in [0.3, 0.4) is 0 Å². The van der Waals surface area contributed by atoms with Crippen molar-refractivity contribution in [2.24, 2.45) is 0 Å². The quantitative estimate of drug-likeness (QED) is 0.811. The van der Waals surface area contributed by atoms with Gasteiger partial charge in [-0.15, -0.1) is 0 Å². The van der Waals surface area contributed by atoms with Gasteiger partial charge < -0.3 is 14.4 Å². The van der Waals surface area contributed by atoms with Crippen molar-refractivity contribution in [3.8, 4) is 5.75 Å². The first-order chi connectivity index (χ1) is 10.2. The lowest BCUT2D eigenvalue weighted by molar-refractivity contribution is -0.907. The van der Waals surface area contributed by atoms with Crippen LogP contribution in [0.1, 0.15) is 43.5 Å². The Morgan fingerprint density at radius 3 is 2.48 bits per heavy atom. The van der Waals surface area contributed by atoms with Crippen molar-refractivity contribution in [1.82, 2.24) is 0 Å². The van der Waals surface area contributed by atoms with Gasteiger partial charge in [0, 0.05) is 0 Å². The zero-order chi connectivity index (χ0) is 15.1. The van der Waals surface area contributed by atoms with Crippen LogP contribution in [0.5, 0.6) is 5.75 Å². The summed E-state index contributed by atoms with van der Waals surface area (Å²) in [7, 11) is 0. The Hall–Kier alpha value is -1.55. The Morgan fingerprint density at radius 2 is 1.86 bits per heavy atom. The lowest BCUT2D eigenvalue weighted by Gasteiger charge is -2.26. The molecule has 1 aliphatic rings. The maximum absolute atomic E-state index is 12.1. The second kappa shape index (κ2) is 8.03. The van der Waals surface area contributed by atoms with Crippen LogP contribution in [0, 0.1) is 0 Å². The third-order valence-corrected chi connectivity index (χ3v) is 3.85. The van der Waals surface area contributed by atoms with E-state index in [-0.39, 0.29) is 12.1 Å². The summed E-state index contributed by atoms with van der Waals surface area (Å²) in [6.45, 7) is 7.85. The van der Waals surface area contributed by atoms with E-state index in [9.17, 15) is 4.79 Å². The van der Waals surface area contributed by atoms with Gasteiger partial charge in [0.2, 0.25) is 0 Å². The lowest BCUT2D eigenvalue weighted by Crippen LogP contribution is -3.13. The molecule has 1 aromatic rings. The van der Waals surface area contributed by atoms with E-state index in [2.05, 4.69) is 0 Å². The van der Waals surface area contributed by atoms with E-state index >= 15 is 0 Å². The van der Waals surface area contributed by atoms with Gasteiger partial charge in [0.1, 0.15) is 18.4 Å². The van der Waals surface area contributed by atoms with E-state index in [1.54, 1.807) is 29.2 Å². The first kappa shape index (κ1) is 15.8. The minimum atomic E-state index is -0.248. The molecule has 1 N–H and O–H groups in total. The molecule has 1 fully saturated rings. The summed E-state index contributed by atoms with van der Waals surface area (Å²) < 4.78 is 10.9. The minimum absolute atomic E-state index is 0.0443. The van der Waals surface area contributed by atoms with Crippen LogP contribution in [0.25, 0.3) is 0 Å². The van der Waals surface area contributed by atoms with E-state index in [0.717, 1.165) is 12.3 Å². The van der Waals surface area contributed by atoms with Gasteiger partial charge in [-0.3, -0.25) is 0 Å². The Labute approximate surface area is 127 Å². The number of likely N-dealkylation sites (tertiary alicyclic amines) is 1. The van der Waals surface area contributed by atoms with Gasteiger partial charge in [0.25, 0.3) is 0 Å². The molecule has 116 valence electrons. The molecule has 1 aliphatic heterocycles. The molecule has 2 rings (SSSR count). The third kappa shape index (κ3) is 5.05. The number of quaternary nitrogens is 1. The van der Waals surface area contributed by atoms with Crippen molar-refractivity contribution in [2.45, 2.75) is 39.2 Å². The maximum Gasteiger partial charge on any atom is 0.338 e. The number of ether oxygens (including phenoxy) is 2. The van der Waals surface area contributed by atoms with E-state index in [1.807, 2.05) is 13.8 Å². The SMILES string of the molecule is CCOc1ccc(C(=O)OC(C)C[NH+]2CCCCC2)cc1. The molecule has 0 spiro atoms. The lowest BCUT2D eigenvalue weighted by atomic mass is 10.1. The zero-order valence-corrected chi connectivity index (χ0v) is 13.1. The van der Waals surface area contributed by atoms with Gasteiger partial charge in [-0.05, 0) is 57.4 Å². The van der Waals surface area contributed by atoms with Gasteiger partial charge in [0.05, 0.1) is 25.3 Å². The van der Waals surface area contributed by atoms with E-state index in [4.69, 9.17) is 9.47 Å². The molecule has 4 heteroatoms. The monoisotopic (exact) mass is 292 g/mol. The maximum atomic E-state index is 12.1. The number of piperidine rings is 1. The van der Waals surface area contributed by atoms with Gasteiger partial charge in [-0.25, -0.2) is 4.79 Å². The fourth-order valence-electron chi connectivity index (χ4n) is 2.81.